The average molecular weight is 303 g/mol. The number of rotatable bonds is 3. The highest BCUT2D eigenvalue weighted by Gasteiger charge is 2.07. The highest BCUT2D eigenvalue weighted by atomic mass is 127. The Labute approximate surface area is 98.0 Å². The molecule has 0 aliphatic rings. The van der Waals surface area contributed by atoms with Crippen molar-refractivity contribution in [1.82, 2.24) is 0 Å². The zero-order chi connectivity index (χ0) is 10.7. The van der Waals surface area contributed by atoms with Crippen molar-refractivity contribution in [3.8, 4) is 0 Å². The van der Waals surface area contributed by atoms with Gasteiger partial charge < -0.3 is 5.73 Å². The molecular weight excluding hydrogens is 289 g/mol. The summed E-state index contributed by atoms with van der Waals surface area (Å²) in [5.74, 6) is 0.246. The Morgan fingerprint density at radius 2 is 2.14 bits per heavy atom. The summed E-state index contributed by atoms with van der Waals surface area (Å²) in [4.78, 5) is 11.1. The van der Waals surface area contributed by atoms with E-state index in [0.717, 1.165) is 9.99 Å². The van der Waals surface area contributed by atoms with Gasteiger partial charge in [0.05, 0.1) is 5.56 Å². The van der Waals surface area contributed by atoms with Gasteiger partial charge in [0.2, 0.25) is 5.91 Å². The summed E-state index contributed by atoms with van der Waals surface area (Å²) in [7, 11) is 0. The summed E-state index contributed by atoms with van der Waals surface area (Å²) in [6, 6.07) is 5.89. The van der Waals surface area contributed by atoms with E-state index in [-0.39, 0.29) is 5.91 Å². The SMILES string of the molecule is CC(C)Cc1ccc(I)c(C(N)=O)c1. The number of benzene rings is 1. The molecule has 2 nitrogen and oxygen atoms in total. The summed E-state index contributed by atoms with van der Waals surface area (Å²) in [5, 5.41) is 0. The van der Waals surface area contributed by atoms with Crippen LogP contribution < -0.4 is 5.73 Å². The minimum absolute atomic E-state index is 0.347. The Morgan fingerprint density at radius 3 is 2.64 bits per heavy atom. The molecule has 14 heavy (non-hydrogen) atoms. The molecule has 0 spiro atoms. The number of primary amides is 1. The van der Waals surface area contributed by atoms with E-state index in [9.17, 15) is 4.79 Å². The zero-order valence-electron chi connectivity index (χ0n) is 8.38. The van der Waals surface area contributed by atoms with Crippen LogP contribution in [-0.2, 0) is 6.42 Å². The number of nitrogens with two attached hydrogens (primary N) is 1. The number of hydrogen-bond donors (Lipinski definition) is 1. The lowest BCUT2D eigenvalue weighted by atomic mass is 10.0. The van der Waals surface area contributed by atoms with E-state index in [4.69, 9.17) is 5.73 Å². The topological polar surface area (TPSA) is 43.1 Å². The second-order valence-corrected chi connectivity index (χ2v) is 4.94. The van der Waals surface area contributed by atoms with Gasteiger partial charge in [-0.2, -0.15) is 0 Å². The summed E-state index contributed by atoms with van der Waals surface area (Å²) in [6.45, 7) is 4.31. The molecule has 0 bridgehead atoms. The minimum Gasteiger partial charge on any atom is -0.366 e. The van der Waals surface area contributed by atoms with Crippen LogP contribution in [0.25, 0.3) is 0 Å². The standard InChI is InChI=1S/C11H14INO/c1-7(2)5-8-3-4-10(12)9(6-8)11(13)14/h3-4,6-7H,5H2,1-2H3,(H2,13,14). The lowest BCUT2D eigenvalue weighted by Crippen LogP contribution is -2.13. The first-order chi connectivity index (χ1) is 6.50. The molecular formula is C11H14INO. The molecule has 0 saturated heterocycles. The van der Waals surface area contributed by atoms with Crippen LogP contribution >= 0.6 is 22.6 Å². The monoisotopic (exact) mass is 303 g/mol. The molecule has 76 valence electrons. The maximum atomic E-state index is 11.1. The molecule has 1 rings (SSSR count). The molecule has 1 aromatic carbocycles. The lowest BCUT2D eigenvalue weighted by Gasteiger charge is -2.07. The van der Waals surface area contributed by atoms with E-state index in [1.165, 1.54) is 5.56 Å². The van der Waals surface area contributed by atoms with Crippen LogP contribution in [0.1, 0.15) is 29.8 Å². The summed E-state index contributed by atoms with van der Waals surface area (Å²) < 4.78 is 0.919. The molecule has 3 heteroatoms. The average Bonchev–Trinajstić information content (AvgIpc) is 2.07. The first kappa shape index (κ1) is 11.5. The molecule has 0 aromatic heterocycles. The molecule has 1 amide bonds. The number of amides is 1. The largest absolute Gasteiger partial charge is 0.366 e. The van der Waals surface area contributed by atoms with Crippen molar-refractivity contribution in [1.29, 1.82) is 0 Å². The van der Waals surface area contributed by atoms with Crippen molar-refractivity contribution in [3.05, 3.63) is 32.9 Å². The molecule has 1 aromatic rings. The van der Waals surface area contributed by atoms with Crippen LogP contribution in [0.5, 0.6) is 0 Å². The molecule has 0 unspecified atom stereocenters. The maximum Gasteiger partial charge on any atom is 0.249 e. The first-order valence-corrected chi connectivity index (χ1v) is 5.67. The molecule has 0 fully saturated rings. The molecule has 2 N–H and O–H groups in total. The Bertz CT molecular complexity index is 347. The molecule has 0 aliphatic heterocycles. The normalized spacial score (nSPS) is 10.6. The number of carbonyl (C=O) groups excluding carboxylic acids is 1. The predicted molar refractivity (Wildman–Crippen MR) is 66.2 cm³/mol. The lowest BCUT2D eigenvalue weighted by molar-refractivity contribution is 0.0999. The van der Waals surface area contributed by atoms with E-state index >= 15 is 0 Å². The van der Waals surface area contributed by atoms with Crippen LogP contribution in [-0.4, -0.2) is 5.91 Å². The quantitative estimate of drug-likeness (QED) is 0.857. The Morgan fingerprint density at radius 1 is 1.50 bits per heavy atom. The molecule has 0 saturated carbocycles. The van der Waals surface area contributed by atoms with Gasteiger partial charge in [-0.3, -0.25) is 4.79 Å². The summed E-state index contributed by atoms with van der Waals surface area (Å²) >= 11 is 2.13. The Hall–Kier alpha value is -0.580. The van der Waals surface area contributed by atoms with Crippen molar-refractivity contribution in [2.45, 2.75) is 20.3 Å². The van der Waals surface area contributed by atoms with Crippen molar-refractivity contribution in [2.75, 3.05) is 0 Å². The van der Waals surface area contributed by atoms with Gasteiger partial charge in [-0.15, -0.1) is 0 Å². The van der Waals surface area contributed by atoms with Gasteiger partial charge >= 0.3 is 0 Å². The zero-order valence-corrected chi connectivity index (χ0v) is 10.5. The van der Waals surface area contributed by atoms with Crippen molar-refractivity contribution < 1.29 is 4.79 Å². The van der Waals surface area contributed by atoms with E-state index in [1.807, 2.05) is 18.2 Å². The first-order valence-electron chi connectivity index (χ1n) is 4.59. The van der Waals surface area contributed by atoms with E-state index in [2.05, 4.69) is 36.4 Å². The second-order valence-electron chi connectivity index (χ2n) is 3.78. The molecule has 0 aliphatic carbocycles. The smallest absolute Gasteiger partial charge is 0.249 e. The number of hydrogen-bond acceptors (Lipinski definition) is 1. The van der Waals surface area contributed by atoms with Crippen LogP contribution in [0.4, 0.5) is 0 Å². The van der Waals surface area contributed by atoms with Gasteiger partial charge in [-0.25, -0.2) is 0 Å². The molecule has 0 radical (unpaired) electrons. The van der Waals surface area contributed by atoms with Crippen LogP contribution in [0.15, 0.2) is 18.2 Å². The molecule has 0 heterocycles. The fourth-order valence-corrected chi connectivity index (χ4v) is 1.96. The van der Waals surface area contributed by atoms with Crippen molar-refractivity contribution in [2.24, 2.45) is 11.7 Å². The van der Waals surface area contributed by atoms with Gasteiger partial charge in [-0.1, -0.05) is 19.9 Å². The third-order valence-electron chi connectivity index (χ3n) is 1.94. The Balaban J connectivity index is 3.00. The van der Waals surface area contributed by atoms with Gasteiger partial charge in [-0.05, 0) is 52.6 Å². The van der Waals surface area contributed by atoms with Crippen molar-refractivity contribution >= 4 is 28.5 Å². The highest BCUT2D eigenvalue weighted by molar-refractivity contribution is 14.1. The van der Waals surface area contributed by atoms with Crippen molar-refractivity contribution in [3.63, 3.8) is 0 Å². The highest BCUT2D eigenvalue weighted by Crippen LogP contribution is 2.16. The second kappa shape index (κ2) is 4.77. The Kier molecular flexibility index (Phi) is 3.92. The van der Waals surface area contributed by atoms with Crippen LogP contribution in [0.3, 0.4) is 0 Å². The third-order valence-corrected chi connectivity index (χ3v) is 2.88. The number of halogens is 1. The molecule has 0 atom stereocenters. The fourth-order valence-electron chi connectivity index (χ4n) is 1.36. The van der Waals surface area contributed by atoms with Crippen LogP contribution in [0, 0.1) is 9.49 Å². The van der Waals surface area contributed by atoms with E-state index in [0.29, 0.717) is 11.5 Å². The maximum absolute atomic E-state index is 11.1. The van der Waals surface area contributed by atoms with Crippen LogP contribution in [0.2, 0.25) is 0 Å². The minimum atomic E-state index is -0.347. The van der Waals surface area contributed by atoms with Gasteiger partial charge in [0, 0.05) is 3.57 Å². The summed E-state index contributed by atoms with van der Waals surface area (Å²) in [6.07, 6.45) is 0.983. The van der Waals surface area contributed by atoms with Gasteiger partial charge in [0.1, 0.15) is 0 Å². The van der Waals surface area contributed by atoms with E-state index < -0.39 is 0 Å². The summed E-state index contributed by atoms with van der Waals surface area (Å²) in [5.41, 5.74) is 7.07. The fraction of sp³-hybridized carbons (Fsp3) is 0.364. The van der Waals surface area contributed by atoms with Gasteiger partial charge in [0.25, 0.3) is 0 Å². The number of carbonyl (C=O) groups is 1. The van der Waals surface area contributed by atoms with Gasteiger partial charge in [0.15, 0.2) is 0 Å². The van der Waals surface area contributed by atoms with E-state index in [1.54, 1.807) is 0 Å². The predicted octanol–water partition coefficient (Wildman–Crippen LogP) is 2.59. The third kappa shape index (κ3) is 2.97.